The zero-order valence-electron chi connectivity index (χ0n) is 10.2. The highest BCUT2D eigenvalue weighted by Gasteiger charge is 2.36. The molecule has 3 nitrogen and oxygen atoms in total. The van der Waals surface area contributed by atoms with Gasteiger partial charge in [-0.25, -0.2) is 0 Å². The Morgan fingerprint density at radius 2 is 2.39 bits per heavy atom. The van der Waals surface area contributed by atoms with Crippen LogP contribution in [0.2, 0.25) is 5.02 Å². The minimum Gasteiger partial charge on any atom is -0.394 e. The summed E-state index contributed by atoms with van der Waals surface area (Å²) in [7, 11) is 0. The van der Waals surface area contributed by atoms with Crippen LogP contribution in [0.25, 0.3) is 0 Å². The van der Waals surface area contributed by atoms with Crippen LogP contribution in [0.15, 0.2) is 22.7 Å². The van der Waals surface area contributed by atoms with Crippen LogP contribution in [0.1, 0.15) is 13.3 Å². The van der Waals surface area contributed by atoms with Crippen molar-refractivity contribution in [2.45, 2.75) is 18.9 Å². The smallest absolute Gasteiger partial charge is 0.0662 e. The average molecular weight is 335 g/mol. The van der Waals surface area contributed by atoms with Crippen LogP contribution >= 0.6 is 27.5 Å². The van der Waals surface area contributed by atoms with Crippen LogP contribution in [0.5, 0.6) is 0 Å². The SMILES string of the molecule is CC(CO)(Nc1ccc(Cl)c(Br)c1)C1CCOC1. The first-order valence-corrected chi connectivity index (χ1v) is 7.14. The molecule has 2 rings (SSSR count). The van der Waals surface area contributed by atoms with E-state index in [9.17, 15) is 5.11 Å². The van der Waals surface area contributed by atoms with Gasteiger partial charge in [0.25, 0.3) is 0 Å². The quantitative estimate of drug-likeness (QED) is 0.887. The molecule has 0 radical (unpaired) electrons. The Labute approximate surface area is 121 Å². The van der Waals surface area contributed by atoms with E-state index >= 15 is 0 Å². The largest absolute Gasteiger partial charge is 0.394 e. The third kappa shape index (κ3) is 2.99. The minimum absolute atomic E-state index is 0.0707. The summed E-state index contributed by atoms with van der Waals surface area (Å²) < 4.78 is 6.25. The first-order chi connectivity index (χ1) is 8.55. The monoisotopic (exact) mass is 333 g/mol. The molecule has 0 saturated carbocycles. The van der Waals surface area contributed by atoms with Gasteiger partial charge in [-0.05, 0) is 47.5 Å². The van der Waals surface area contributed by atoms with Crippen molar-refractivity contribution in [3.8, 4) is 0 Å². The van der Waals surface area contributed by atoms with Gasteiger partial charge in [0.2, 0.25) is 0 Å². The number of hydrogen-bond acceptors (Lipinski definition) is 3. The maximum absolute atomic E-state index is 9.68. The number of benzene rings is 1. The number of anilines is 1. The second kappa shape index (κ2) is 5.78. The summed E-state index contributed by atoms with van der Waals surface area (Å²) in [5, 5.41) is 13.7. The van der Waals surface area contributed by atoms with Gasteiger partial charge in [0.05, 0.1) is 23.8 Å². The normalized spacial score (nSPS) is 22.8. The average Bonchev–Trinajstić information content (AvgIpc) is 2.88. The lowest BCUT2D eigenvalue weighted by molar-refractivity contribution is 0.137. The van der Waals surface area contributed by atoms with E-state index < -0.39 is 0 Å². The fourth-order valence-corrected chi connectivity index (χ4v) is 2.71. The molecule has 0 aliphatic carbocycles. The number of ether oxygens (including phenoxy) is 1. The van der Waals surface area contributed by atoms with Gasteiger partial charge in [0, 0.05) is 22.7 Å². The highest BCUT2D eigenvalue weighted by Crippen LogP contribution is 2.32. The van der Waals surface area contributed by atoms with E-state index in [-0.39, 0.29) is 12.1 Å². The zero-order valence-corrected chi connectivity index (χ0v) is 12.6. The van der Waals surface area contributed by atoms with Crippen molar-refractivity contribution >= 4 is 33.2 Å². The molecule has 1 heterocycles. The molecule has 1 fully saturated rings. The molecule has 0 bridgehead atoms. The number of rotatable bonds is 4. The predicted octanol–water partition coefficient (Wildman–Crippen LogP) is 3.30. The summed E-state index contributed by atoms with van der Waals surface area (Å²) >= 11 is 9.37. The third-order valence-corrected chi connectivity index (χ3v) is 4.72. The maximum atomic E-state index is 9.68. The second-order valence-electron chi connectivity index (χ2n) is 4.89. The first-order valence-electron chi connectivity index (χ1n) is 5.97. The van der Waals surface area contributed by atoms with Crippen molar-refractivity contribution in [2.24, 2.45) is 5.92 Å². The molecule has 1 aromatic carbocycles. The van der Waals surface area contributed by atoms with Crippen LogP contribution in [0.4, 0.5) is 5.69 Å². The fourth-order valence-electron chi connectivity index (χ4n) is 2.21. The van der Waals surface area contributed by atoms with Gasteiger partial charge < -0.3 is 15.2 Å². The Hall–Kier alpha value is -0.290. The molecule has 2 N–H and O–H groups in total. The van der Waals surface area contributed by atoms with Crippen LogP contribution in [-0.4, -0.2) is 30.5 Å². The van der Waals surface area contributed by atoms with Crippen molar-refractivity contribution in [1.29, 1.82) is 0 Å². The van der Waals surface area contributed by atoms with Crippen molar-refractivity contribution in [3.05, 3.63) is 27.7 Å². The van der Waals surface area contributed by atoms with Gasteiger partial charge in [-0.2, -0.15) is 0 Å². The lowest BCUT2D eigenvalue weighted by Crippen LogP contribution is -2.46. The zero-order chi connectivity index (χ0) is 13.2. The summed E-state index contributed by atoms with van der Waals surface area (Å²) in [6.45, 7) is 3.56. The number of nitrogens with one attached hydrogen (secondary N) is 1. The van der Waals surface area contributed by atoms with E-state index in [0.717, 1.165) is 23.2 Å². The lowest BCUT2D eigenvalue weighted by Gasteiger charge is -2.35. The minimum atomic E-state index is -0.371. The molecule has 1 saturated heterocycles. The standard InChI is InChI=1S/C13H17BrClNO2/c1-13(8-17,9-4-5-18-7-9)16-10-2-3-12(15)11(14)6-10/h2-3,6,9,16-17H,4-5,7-8H2,1H3. The number of hydrogen-bond donors (Lipinski definition) is 2. The van der Waals surface area contributed by atoms with E-state index in [2.05, 4.69) is 21.2 Å². The third-order valence-electron chi connectivity index (χ3n) is 3.51. The molecule has 1 aliphatic heterocycles. The molecule has 1 aromatic rings. The lowest BCUT2D eigenvalue weighted by atomic mass is 9.85. The van der Waals surface area contributed by atoms with Crippen molar-refractivity contribution in [3.63, 3.8) is 0 Å². The molecule has 0 aromatic heterocycles. The highest BCUT2D eigenvalue weighted by atomic mass is 79.9. The summed E-state index contributed by atoms with van der Waals surface area (Å²) in [4.78, 5) is 0. The van der Waals surface area contributed by atoms with Crippen LogP contribution in [0, 0.1) is 5.92 Å². The summed E-state index contributed by atoms with van der Waals surface area (Å²) in [5.41, 5.74) is 0.568. The van der Waals surface area contributed by atoms with E-state index in [1.165, 1.54) is 0 Å². The summed E-state index contributed by atoms with van der Waals surface area (Å²) in [6, 6.07) is 5.67. The van der Waals surface area contributed by atoms with E-state index in [4.69, 9.17) is 16.3 Å². The Balaban J connectivity index is 2.15. The topological polar surface area (TPSA) is 41.5 Å². The van der Waals surface area contributed by atoms with Gasteiger partial charge in [-0.3, -0.25) is 0 Å². The van der Waals surface area contributed by atoms with Gasteiger partial charge in [0.1, 0.15) is 0 Å². The first kappa shape index (κ1) is 14.1. The van der Waals surface area contributed by atoms with E-state index in [0.29, 0.717) is 17.5 Å². The molecule has 18 heavy (non-hydrogen) atoms. The molecular formula is C13H17BrClNO2. The van der Waals surface area contributed by atoms with Gasteiger partial charge >= 0.3 is 0 Å². The van der Waals surface area contributed by atoms with E-state index in [1.54, 1.807) is 0 Å². The van der Waals surface area contributed by atoms with E-state index in [1.807, 2.05) is 25.1 Å². The van der Waals surface area contributed by atoms with Crippen LogP contribution in [0.3, 0.4) is 0 Å². The predicted molar refractivity (Wildman–Crippen MR) is 77.2 cm³/mol. The summed E-state index contributed by atoms with van der Waals surface area (Å²) in [6.07, 6.45) is 0.971. The molecule has 0 spiro atoms. The Morgan fingerprint density at radius 3 is 2.94 bits per heavy atom. The van der Waals surface area contributed by atoms with Crippen molar-refractivity contribution in [1.82, 2.24) is 0 Å². The number of halogens is 2. The van der Waals surface area contributed by atoms with Gasteiger partial charge in [0.15, 0.2) is 0 Å². The highest BCUT2D eigenvalue weighted by molar-refractivity contribution is 9.10. The van der Waals surface area contributed by atoms with Crippen molar-refractivity contribution in [2.75, 3.05) is 25.1 Å². The molecule has 5 heteroatoms. The number of aliphatic hydroxyl groups excluding tert-OH is 1. The Morgan fingerprint density at radius 1 is 1.61 bits per heavy atom. The maximum Gasteiger partial charge on any atom is 0.0662 e. The molecular weight excluding hydrogens is 318 g/mol. The van der Waals surface area contributed by atoms with Crippen LogP contribution in [-0.2, 0) is 4.74 Å². The molecule has 0 amide bonds. The van der Waals surface area contributed by atoms with Crippen LogP contribution < -0.4 is 5.32 Å². The fraction of sp³-hybridized carbons (Fsp3) is 0.538. The van der Waals surface area contributed by atoms with Crippen molar-refractivity contribution < 1.29 is 9.84 Å². The van der Waals surface area contributed by atoms with Gasteiger partial charge in [-0.1, -0.05) is 11.6 Å². The number of aliphatic hydroxyl groups is 1. The molecule has 100 valence electrons. The Kier molecular flexibility index (Phi) is 4.54. The van der Waals surface area contributed by atoms with Gasteiger partial charge in [-0.15, -0.1) is 0 Å². The molecule has 2 unspecified atom stereocenters. The molecule has 2 atom stereocenters. The Bertz CT molecular complexity index is 423. The molecule has 1 aliphatic rings. The second-order valence-corrected chi connectivity index (χ2v) is 6.15. The summed E-state index contributed by atoms with van der Waals surface area (Å²) in [5.74, 6) is 0.317.